The van der Waals surface area contributed by atoms with Gasteiger partial charge in [-0.15, -0.1) is 0 Å². The van der Waals surface area contributed by atoms with Gasteiger partial charge in [-0.3, -0.25) is 39.7 Å². The number of halogens is 1. The van der Waals surface area contributed by atoms with Gasteiger partial charge in [0.05, 0.1) is 18.0 Å². The maximum absolute atomic E-state index is 15.6. The summed E-state index contributed by atoms with van der Waals surface area (Å²) in [6.45, 7) is 14.6. The van der Waals surface area contributed by atoms with Crippen molar-refractivity contribution in [3.63, 3.8) is 0 Å². The van der Waals surface area contributed by atoms with E-state index in [1.165, 1.54) is 34.3 Å². The minimum Gasteiger partial charge on any atom is -0.508 e. The Kier molecular flexibility index (Phi) is 14.0. The van der Waals surface area contributed by atoms with Gasteiger partial charge in [-0.05, 0) is 48.2 Å². The van der Waals surface area contributed by atoms with Gasteiger partial charge in [-0.25, -0.2) is 14.4 Å². The first-order valence-corrected chi connectivity index (χ1v) is 20.9. The summed E-state index contributed by atoms with van der Waals surface area (Å²) in [5, 5.41) is 41.0. The van der Waals surface area contributed by atoms with Crippen LogP contribution >= 0.6 is 0 Å². The standard InChI is InChI=1S/C40H41FN10O7.2C2H6/c1-21(2)25-15-26(33(53)16-32(25)52)36-46-47-40(58)51(36)23-7-6-22(28(41)14-23)19-48-10-12-49(13-11-48)34-18-42-30(17-43-34)37(55)44-29-5-3-4-24-27(29)20-50(39(24)57)31-8-9-35(54)45-38(31)56;2*1-2/h3-7,14-18,21,31,40,47,52-53,58H,8-13,19-20H2,1-2H3,(H,44,55)(H,45,54,56);2*1-2H3. The van der Waals surface area contributed by atoms with Crippen LogP contribution in [0, 0.1) is 5.82 Å². The van der Waals surface area contributed by atoms with Crippen molar-refractivity contribution in [2.24, 2.45) is 5.10 Å². The third-order valence-corrected chi connectivity index (χ3v) is 10.9. The fourth-order valence-corrected chi connectivity index (χ4v) is 7.72. The van der Waals surface area contributed by atoms with Gasteiger partial charge in [0.15, 0.2) is 5.84 Å². The molecule has 0 saturated carbocycles. The molecule has 2 atom stereocenters. The molecule has 8 rings (SSSR count). The van der Waals surface area contributed by atoms with E-state index in [2.05, 4.69) is 36.0 Å². The predicted octanol–water partition coefficient (Wildman–Crippen LogP) is 4.59. The highest BCUT2D eigenvalue weighted by molar-refractivity contribution is 6.13. The van der Waals surface area contributed by atoms with E-state index in [0.717, 1.165) is 0 Å². The number of hydrogen-bond donors (Lipinski definition) is 6. The van der Waals surface area contributed by atoms with Gasteiger partial charge in [0.2, 0.25) is 18.2 Å². The van der Waals surface area contributed by atoms with Crippen LogP contribution in [0.5, 0.6) is 11.5 Å². The Morgan fingerprint density at radius 3 is 2.34 bits per heavy atom. The van der Waals surface area contributed by atoms with Gasteiger partial charge >= 0.3 is 0 Å². The van der Waals surface area contributed by atoms with Gasteiger partial charge in [-0.2, -0.15) is 5.10 Å². The number of amides is 4. The smallest absolute Gasteiger partial charge is 0.275 e. The summed E-state index contributed by atoms with van der Waals surface area (Å²) < 4.78 is 15.6. The first-order chi connectivity index (χ1) is 29.9. The van der Waals surface area contributed by atoms with Crippen molar-refractivity contribution < 1.29 is 38.9 Å². The number of aliphatic hydroxyl groups excluding tert-OH is 1. The number of anilines is 3. The third kappa shape index (κ3) is 9.15. The number of amidine groups is 1. The fourth-order valence-electron chi connectivity index (χ4n) is 7.72. The second kappa shape index (κ2) is 19.4. The van der Waals surface area contributed by atoms with E-state index in [4.69, 9.17) is 0 Å². The summed E-state index contributed by atoms with van der Waals surface area (Å²) in [5.74, 6) is -1.83. The first-order valence-electron chi connectivity index (χ1n) is 20.9. The minimum absolute atomic E-state index is 0.0549. The molecule has 0 spiro atoms. The zero-order chi connectivity index (χ0) is 44.8. The molecule has 0 aliphatic carbocycles. The van der Waals surface area contributed by atoms with Crippen LogP contribution in [0.3, 0.4) is 0 Å². The number of carbonyl (C=O) groups excluding carboxylic acids is 4. The SMILES string of the molecule is CC.CC.CC(C)c1cc(C2=NNC(O)N2c2ccc(CN3CCN(c4cnc(C(=O)Nc5cccc6c5CN(C5CCC(=O)NC5=O)C6=O)cn4)CC3)c(F)c2)c(O)cc1O. The number of benzene rings is 3. The van der Waals surface area contributed by atoms with E-state index in [1.807, 2.05) is 46.4 Å². The summed E-state index contributed by atoms with van der Waals surface area (Å²) in [5.41, 5.74) is 5.62. The number of phenols is 2. The number of fused-ring (bicyclic) bond motifs is 1. The molecule has 1 aromatic heterocycles. The number of nitrogens with zero attached hydrogens (tertiary/aromatic N) is 7. The number of nitrogens with one attached hydrogen (secondary N) is 3. The Bertz CT molecular complexity index is 2350. The zero-order valence-electron chi connectivity index (χ0n) is 35.6. The van der Waals surface area contributed by atoms with E-state index < -0.39 is 30.0 Å². The van der Waals surface area contributed by atoms with E-state index in [9.17, 15) is 34.5 Å². The summed E-state index contributed by atoms with van der Waals surface area (Å²) in [6.07, 6.45) is 1.96. The van der Waals surface area contributed by atoms with Gasteiger partial charge in [-0.1, -0.05) is 53.7 Å². The maximum atomic E-state index is 15.6. The third-order valence-electron chi connectivity index (χ3n) is 10.9. The zero-order valence-corrected chi connectivity index (χ0v) is 35.6. The highest BCUT2D eigenvalue weighted by Gasteiger charge is 2.40. The molecule has 0 radical (unpaired) electrons. The lowest BCUT2D eigenvalue weighted by Crippen LogP contribution is -2.52. The van der Waals surface area contributed by atoms with Crippen molar-refractivity contribution in [1.29, 1.82) is 0 Å². The summed E-state index contributed by atoms with van der Waals surface area (Å²) in [6, 6.07) is 11.7. The van der Waals surface area contributed by atoms with Crippen molar-refractivity contribution in [2.75, 3.05) is 41.3 Å². The van der Waals surface area contributed by atoms with Crippen LogP contribution < -0.4 is 25.9 Å². The molecule has 5 heterocycles. The number of rotatable bonds is 9. The molecule has 2 saturated heterocycles. The highest BCUT2D eigenvalue weighted by atomic mass is 19.1. The van der Waals surface area contributed by atoms with Gasteiger partial charge < -0.3 is 30.4 Å². The van der Waals surface area contributed by atoms with Crippen LogP contribution in [-0.2, 0) is 22.7 Å². The molecule has 17 nitrogen and oxygen atoms in total. The lowest BCUT2D eigenvalue weighted by atomic mass is 9.98. The topological polar surface area (TPSA) is 216 Å². The number of aromatic hydroxyl groups is 2. The number of hydrogen-bond acceptors (Lipinski definition) is 14. The van der Waals surface area contributed by atoms with Crippen LogP contribution in [-0.4, -0.2) is 103 Å². The van der Waals surface area contributed by atoms with Crippen LogP contribution in [0.2, 0.25) is 0 Å². The lowest BCUT2D eigenvalue weighted by Gasteiger charge is -2.35. The average molecular weight is 853 g/mol. The molecular formula is C44H53FN10O7. The van der Waals surface area contributed by atoms with Gasteiger partial charge in [0.25, 0.3) is 11.8 Å². The number of carbonyl (C=O) groups is 4. The van der Waals surface area contributed by atoms with Gasteiger partial charge in [0.1, 0.15) is 34.9 Å². The van der Waals surface area contributed by atoms with Crippen LogP contribution in [0.15, 0.2) is 66.0 Å². The number of phenolic OH excluding ortho intramolecular Hbond substituents is 2. The number of aliphatic hydroxyl groups is 1. The fraction of sp³-hybridized carbons (Fsp3) is 0.386. The van der Waals surface area contributed by atoms with Crippen LogP contribution in [0.4, 0.5) is 21.6 Å². The van der Waals surface area contributed by atoms with Crippen LogP contribution in [0.25, 0.3) is 0 Å². The second-order valence-electron chi connectivity index (χ2n) is 14.9. The monoisotopic (exact) mass is 852 g/mol. The largest absolute Gasteiger partial charge is 0.508 e. The molecular weight excluding hydrogens is 800 g/mol. The van der Waals surface area contributed by atoms with E-state index in [0.29, 0.717) is 72.2 Å². The molecule has 2 fully saturated rings. The van der Waals surface area contributed by atoms with E-state index in [1.54, 1.807) is 36.4 Å². The molecule has 18 heteroatoms. The number of imide groups is 1. The molecule has 328 valence electrons. The number of hydrazone groups is 1. The minimum atomic E-state index is -1.31. The maximum Gasteiger partial charge on any atom is 0.275 e. The summed E-state index contributed by atoms with van der Waals surface area (Å²) >= 11 is 0. The summed E-state index contributed by atoms with van der Waals surface area (Å²) in [4.78, 5) is 66.3. The van der Waals surface area contributed by atoms with Crippen molar-refractivity contribution in [2.45, 2.75) is 85.8 Å². The Balaban J connectivity index is 0.00000156. The summed E-state index contributed by atoms with van der Waals surface area (Å²) in [7, 11) is 0. The molecule has 0 bridgehead atoms. The second-order valence-corrected chi connectivity index (χ2v) is 14.9. The molecule has 6 N–H and O–H groups in total. The molecule has 4 aliphatic rings. The molecule has 4 aromatic rings. The van der Waals surface area contributed by atoms with Crippen molar-refractivity contribution >= 4 is 46.7 Å². The first kappa shape index (κ1) is 44.9. The number of piperidine rings is 1. The average Bonchev–Trinajstić information content (AvgIpc) is 3.82. The Hall–Kier alpha value is -6.66. The van der Waals surface area contributed by atoms with E-state index in [-0.39, 0.29) is 65.7 Å². The van der Waals surface area contributed by atoms with Crippen molar-refractivity contribution in [3.05, 3.63) is 100 Å². The van der Waals surface area contributed by atoms with Crippen molar-refractivity contribution in [3.8, 4) is 11.5 Å². The molecule has 2 unspecified atom stereocenters. The molecule has 4 aliphatic heterocycles. The quantitative estimate of drug-likeness (QED) is 0.127. The molecule has 4 amide bonds. The van der Waals surface area contributed by atoms with Crippen LogP contribution in [0.1, 0.15) is 103 Å². The number of aromatic nitrogens is 2. The molecule has 62 heavy (non-hydrogen) atoms. The normalized spacial score (nSPS) is 18.6. The van der Waals surface area contributed by atoms with Crippen molar-refractivity contribution in [1.82, 2.24) is 30.5 Å². The number of piperazine rings is 1. The predicted molar refractivity (Wildman–Crippen MR) is 231 cm³/mol. The molecule has 3 aromatic carbocycles. The Labute approximate surface area is 359 Å². The highest BCUT2D eigenvalue weighted by Crippen LogP contribution is 2.36. The van der Waals surface area contributed by atoms with E-state index >= 15 is 4.39 Å². The van der Waals surface area contributed by atoms with Gasteiger partial charge in [0, 0.05) is 79.8 Å². The Morgan fingerprint density at radius 1 is 0.935 bits per heavy atom. The lowest BCUT2D eigenvalue weighted by molar-refractivity contribution is -0.136. The Morgan fingerprint density at radius 2 is 1.68 bits per heavy atom.